The van der Waals surface area contributed by atoms with E-state index in [1.165, 1.54) is 11.8 Å². The van der Waals surface area contributed by atoms with E-state index in [1.54, 1.807) is 6.92 Å². The molecule has 0 N–H and O–H groups in total. The second-order valence-electron chi connectivity index (χ2n) is 4.91. The summed E-state index contributed by atoms with van der Waals surface area (Å²) in [6.45, 7) is 3.72. The van der Waals surface area contributed by atoms with Gasteiger partial charge in [-0.05, 0) is 25.2 Å². The molecule has 0 saturated heterocycles. The van der Waals surface area contributed by atoms with Crippen LogP contribution in [-0.4, -0.2) is 28.5 Å². The highest BCUT2D eigenvalue weighted by Gasteiger charge is 2.33. The molecule has 0 fully saturated rings. The average molecular weight is 365 g/mol. The van der Waals surface area contributed by atoms with E-state index < -0.39 is 33.6 Å². The highest BCUT2D eigenvalue weighted by molar-refractivity contribution is 8.00. The molecule has 0 radical (unpaired) electrons. The quantitative estimate of drug-likeness (QED) is 0.392. The molecule has 1 atom stereocenters. The number of rotatable bonds is 8. The lowest BCUT2D eigenvalue weighted by Gasteiger charge is -2.16. The zero-order chi connectivity index (χ0) is 18.3. The zero-order valence-corrected chi connectivity index (χ0v) is 14.1. The van der Waals surface area contributed by atoms with Gasteiger partial charge in [-0.25, -0.2) is 0 Å². The van der Waals surface area contributed by atoms with E-state index in [-0.39, 0.29) is 18.6 Å². The van der Waals surface area contributed by atoms with Crippen LogP contribution in [0.15, 0.2) is 18.2 Å². The van der Waals surface area contributed by atoms with E-state index in [0.717, 1.165) is 18.6 Å². The normalized spacial score (nSPS) is 12.7. The minimum absolute atomic E-state index is 0.0576. The first-order valence-electron chi connectivity index (χ1n) is 7.33. The van der Waals surface area contributed by atoms with Crippen LogP contribution >= 0.6 is 11.8 Å². The van der Waals surface area contributed by atoms with Crippen molar-refractivity contribution >= 4 is 23.4 Å². The largest absolute Gasteiger partial charge is 0.465 e. The molecule has 0 aliphatic carbocycles. The summed E-state index contributed by atoms with van der Waals surface area (Å²) < 4.78 is 43.1. The Bertz CT molecular complexity index is 593. The van der Waals surface area contributed by atoms with Gasteiger partial charge in [0.25, 0.3) is 5.69 Å². The van der Waals surface area contributed by atoms with Crippen molar-refractivity contribution < 1.29 is 27.6 Å². The fourth-order valence-corrected chi connectivity index (χ4v) is 3.01. The topological polar surface area (TPSA) is 69.4 Å². The minimum atomic E-state index is -4.67. The summed E-state index contributed by atoms with van der Waals surface area (Å²) in [5, 5.41) is 10.4. The molecule has 1 aromatic rings. The molecular weight excluding hydrogens is 347 g/mol. The number of esters is 1. The first-order chi connectivity index (χ1) is 11.2. The highest BCUT2D eigenvalue weighted by Crippen LogP contribution is 2.34. The summed E-state index contributed by atoms with van der Waals surface area (Å²) in [5.74, 6) is 0.114. The number of ether oxygens (including phenoxy) is 1. The number of carbonyl (C=O) groups is 1. The molecule has 0 amide bonds. The Kier molecular flexibility index (Phi) is 7.53. The molecule has 0 saturated carbocycles. The van der Waals surface area contributed by atoms with Crippen LogP contribution < -0.4 is 0 Å². The molecule has 1 unspecified atom stereocenters. The number of alkyl halides is 3. The number of carbonyl (C=O) groups excluding carboxylic acids is 1. The summed E-state index contributed by atoms with van der Waals surface area (Å²) >= 11 is 1.28. The van der Waals surface area contributed by atoms with Crippen molar-refractivity contribution in [2.75, 3.05) is 12.4 Å². The molecule has 5 nitrogen and oxygen atoms in total. The van der Waals surface area contributed by atoms with Gasteiger partial charge >= 0.3 is 12.1 Å². The Morgan fingerprint density at radius 2 is 2.04 bits per heavy atom. The van der Waals surface area contributed by atoms with Crippen LogP contribution in [-0.2, 0) is 22.1 Å². The smallest absolute Gasteiger partial charge is 0.416 e. The Morgan fingerprint density at radius 1 is 1.38 bits per heavy atom. The molecular formula is C15H18F3NO4S. The first kappa shape index (κ1) is 20.3. The molecule has 0 aromatic heterocycles. The predicted octanol–water partition coefficient (Wildman–Crippen LogP) is 4.23. The molecule has 134 valence electrons. The molecule has 9 heteroatoms. The van der Waals surface area contributed by atoms with E-state index in [2.05, 4.69) is 0 Å². The third-order valence-electron chi connectivity index (χ3n) is 3.09. The number of halogens is 3. The molecule has 0 heterocycles. The van der Waals surface area contributed by atoms with Gasteiger partial charge in [-0.3, -0.25) is 14.9 Å². The van der Waals surface area contributed by atoms with Gasteiger partial charge in [-0.15, -0.1) is 11.8 Å². The second kappa shape index (κ2) is 8.91. The number of nitro benzene ring substituents is 1. The Hall–Kier alpha value is -1.77. The maximum Gasteiger partial charge on any atom is 0.416 e. The average Bonchev–Trinajstić information content (AvgIpc) is 2.50. The van der Waals surface area contributed by atoms with Crippen LogP contribution in [0.5, 0.6) is 0 Å². The molecule has 1 aromatic carbocycles. The summed E-state index contributed by atoms with van der Waals surface area (Å²) in [6, 6.07) is 2.34. The van der Waals surface area contributed by atoms with Crippen LogP contribution in [0.3, 0.4) is 0 Å². The molecule has 0 spiro atoms. The monoisotopic (exact) mass is 365 g/mol. The van der Waals surface area contributed by atoms with Gasteiger partial charge in [-0.2, -0.15) is 13.2 Å². The SMILES string of the molecule is CCCSC(Cc1ccc(C(F)(F)F)cc1[N+](=O)[O-])C(=O)OCC. The first-order valence-corrected chi connectivity index (χ1v) is 8.38. The Morgan fingerprint density at radius 3 is 2.54 bits per heavy atom. The van der Waals surface area contributed by atoms with Crippen molar-refractivity contribution in [1.29, 1.82) is 0 Å². The van der Waals surface area contributed by atoms with Crippen LogP contribution in [0.4, 0.5) is 18.9 Å². The van der Waals surface area contributed by atoms with Crippen molar-refractivity contribution in [3.05, 3.63) is 39.4 Å². The summed E-state index contributed by atoms with van der Waals surface area (Å²) in [7, 11) is 0. The summed E-state index contributed by atoms with van der Waals surface area (Å²) in [4.78, 5) is 22.2. The van der Waals surface area contributed by atoms with Crippen molar-refractivity contribution in [1.82, 2.24) is 0 Å². The standard InChI is InChI=1S/C15H18F3NO4S/c1-3-7-24-13(14(20)23-4-2)8-10-5-6-11(15(16,17)18)9-12(10)19(21)22/h5-6,9,13H,3-4,7-8H2,1-2H3. The van der Waals surface area contributed by atoms with Crippen LogP contribution in [0.1, 0.15) is 31.4 Å². The summed E-state index contributed by atoms with van der Waals surface area (Å²) in [6.07, 6.45) is -3.94. The highest BCUT2D eigenvalue weighted by atomic mass is 32.2. The van der Waals surface area contributed by atoms with Crippen LogP contribution in [0, 0.1) is 10.1 Å². The number of thioether (sulfide) groups is 1. The molecule has 0 aliphatic rings. The third-order valence-corrected chi connectivity index (χ3v) is 4.49. The van der Waals surface area contributed by atoms with Crippen molar-refractivity contribution in [2.24, 2.45) is 0 Å². The van der Waals surface area contributed by atoms with E-state index in [1.807, 2.05) is 6.92 Å². The molecule has 0 aliphatic heterocycles. The number of benzene rings is 1. The van der Waals surface area contributed by atoms with Gasteiger partial charge < -0.3 is 4.74 Å². The van der Waals surface area contributed by atoms with Crippen LogP contribution in [0.25, 0.3) is 0 Å². The maximum absolute atomic E-state index is 12.7. The number of hydrogen-bond donors (Lipinski definition) is 0. The lowest BCUT2D eigenvalue weighted by molar-refractivity contribution is -0.385. The predicted molar refractivity (Wildman–Crippen MR) is 85.0 cm³/mol. The second-order valence-corrected chi connectivity index (χ2v) is 6.22. The van der Waals surface area contributed by atoms with E-state index in [9.17, 15) is 28.1 Å². The van der Waals surface area contributed by atoms with Gasteiger partial charge in [0.05, 0.1) is 17.1 Å². The van der Waals surface area contributed by atoms with E-state index >= 15 is 0 Å². The number of nitrogens with zero attached hydrogens (tertiary/aromatic N) is 1. The zero-order valence-electron chi connectivity index (χ0n) is 13.3. The van der Waals surface area contributed by atoms with Gasteiger partial charge in [-0.1, -0.05) is 13.0 Å². The van der Waals surface area contributed by atoms with Gasteiger partial charge in [0, 0.05) is 18.1 Å². The number of nitro groups is 1. The van der Waals surface area contributed by atoms with Crippen LogP contribution in [0.2, 0.25) is 0 Å². The van der Waals surface area contributed by atoms with Gasteiger partial charge in [0.15, 0.2) is 0 Å². The van der Waals surface area contributed by atoms with Crippen molar-refractivity contribution in [3.8, 4) is 0 Å². The maximum atomic E-state index is 12.7. The van der Waals surface area contributed by atoms with E-state index in [0.29, 0.717) is 11.8 Å². The lowest BCUT2D eigenvalue weighted by Crippen LogP contribution is -2.23. The minimum Gasteiger partial charge on any atom is -0.465 e. The molecule has 1 rings (SSSR count). The van der Waals surface area contributed by atoms with Gasteiger partial charge in [0.1, 0.15) is 5.25 Å². The third kappa shape index (κ3) is 5.70. The van der Waals surface area contributed by atoms with E-state index in [4.69, 9.17) is 4.74 Å². The fraction of sp³-hybridized carbons (Fsp3) is 0.533. The number of hydrogen-bond acceptors (Lipinski definition) is 5. The molecule has 24 heavy (non-hydrogen) atoms. The fourth-order valence-electron chi connectivity index (χ4n) is 1.99. The summed E-state index contributed by atoms with van der Waals surface area (Å²) in [5.41, 5.74) is -1.65. The Labute approximate surface area is 141 Å². The van der Waals surface area contributed by atoms with Crippen molar-refractivity contribution in [3.63, 3.8) is 0 Å². The van der Waals surface area contributed by atoms with Gasteiger partial charge in [0.2, 0.25) is 0 Å². The Balaban J connectivity index is 3.13. The molecule has 0 bridgehead atoms. The lowest BCUT2D eigenvalue weighted by atomic mass is 10.0. The van der Waals surface area contributed by atoms with Crippen molar-refractivity contribution in [2.45, 2.75) is 38.1 Å².